The molecule has 1 N–H and O–H groups in total. The highest BCUT2D eigenvalue weighted by Gasteiger charge is 2.36. The van der Waals surface area contributed by atoms with E-state index in [1.54, 1.807) is 4.90 Å². The van der Waals surface area contributed by atoms with Crippen molar-refractivity contribution < 1.29 is 14.7 Å². The summed E-state index contributed by atoms with van der Waals surface area (Å²) >= 11 is 0. The molecule has 2 aliphatic rings. The third-order valence-corrected chi connectivity index (χ3v) is 4.46. The van der Waals surface area contributed by atoms with Gasteiger partial charge in [0.05, 0.1) is 6.54 Å². The number of amides is 1. The molecule has 0 unspecified atom stereocenters. The highest BCUT2D eigenvalue weighted by molar-refractivity contribution is 5.97. The van der Waals surface area contributed by atoms with Gasteiger partial charge in [-0.2, -0.15) is 0 Å². The Morgan fingerprint density at radius 3 is 2.86 bits per heavy atom. The average molecular weight is 288 g/mol. The van der Waals surface area contributed by atoms with Gasteiger partial charge < -0.3 is 10.0 Å². The molecule has 5 heteroatoms. The summed E-state index contributed by atoms with van der Waals surface area (Å²) in [5.41, 5.74) is 2.16. The minimum atomic E-state index is -0.824. The summed E-state index contributed by atoms with van der Waals surface area (Å²) in [5, 5.41) is 9.21. The number of likely N-dealkylation sites (tertiary alicyclic amines) is 1. The van der Waals surface area contributed by atoms with E-state index >= 15 is 0 Å². The van der Waals surface area contributed by atoms with Crippen LogP contribution in [-0.2, 0) is 16.0 Å². The molecular formula is C16H20N2O3. The Balaban J connectivity index is 1.75. The van der Waals surface area contributed by atoms with Crippen molar-refractivity contribution in [3.63, 3.8) is 0 Å². The Labute approximate surface area is 124 Å². The molecule has 112 valence electrons. The van der Waals surface area contributed by atoms with Crippen LogP contribution in [0.2, 0.25) is 0 Å². The number of carboxylic acids is 1. The Morgan fingerprint density at radius 2 is 2.10 bits per heavy atom. The van der Waals surface area contributed by atoms with Gasteiger partial charge in [-0.25, -0.2) is 0 Å². The van der Waals surface area contributed by atoms with Crippen molar-refractivity contribution >= 4 is 17.6 Å². The normalized spacial score (nSPS) is 25.1. The second kappa shape index (κ2) is 5.48. The molecule has 0 bridgehead atoms. The van der Waals surface area contributed by atoms with E-state index in [9.17, 15) is 14.7 Å². The number of aliphatic carboxylic acids is 1. The zero-order valence-corrected chi connectivity index (χ0v) is 12.2. The van der Waals surface area contributed by atoms with Crippen LogP contribution in [0.25, 0.3) is 0 Å². The van der Waals surface area contributed by atoms with Gasteiger partial charge in [-0.3, -0.25) is 14.5 Å². The zero-order chi connectivity index (χ0) is 15.0. The van der Waals surface area contributed by atoms with Crippen LogP contribution >= 0.6 is 0 Å². The summed E-state index contributed by atoms with van der Waals surface area (Å²) in [7, 11) is 0. The van der Waals surface area contributed by atoms with Crippen LogP contribution in [0.3, 0.4) is 0 Å². The summed E-state index contributed by atoms with van der Waals surface area (Å²) in [6, 6.07) is 7.57. The standard InChI is InChI=1S/C16H20N2O3/c1-11-9-12-5-2-3-6-13(12)18(11)15(19)10-17-8-4-7-14(17)16(20)21/h2-3,5-6,11,14H,4,7-10H2,1H3,(H,20,21)/t11-,14-/m0/s1. The molecule has 1 amide bonds. The van der Waals surface area contributed by atoms with Gasteiger partial charge in [-0.1, -0.05) is 18.2 Å². The molecule has 0 saturated carbocycles. The fourth-order valence-electron chi connectivity index (χ4n) is 3.49. The SMILES string of the molecule is C[C@H]1Cc2ccccc2N1C(=O)CN1CCC[C@H]1C(=O)O. The van der Waals surface area contributed by atoms with E-state index < -0.39 is 12.0 Å². The third kappa shape index (κ3) is 2.53. The van der Waals surface area contributed by atoms with E-state index in [1.807, 2.05) is 30.0 Å². The molecule has 21 heavy (non-hydrogen) atoms. The number of hydrogen-bond donors (Lipinski definition) is 1. The van der Waals surface area contributed by atoms with E-state index in [4.69, 9.17) is 0 Å². The lowest BCUT2D eigenvalue weighted by molar-refractivity contribution is -0.142. The van der Waals surface area contributed by atoms with Gasteiger partial charge >= 0.3 is 5.97 Å². The number of para-hydroxylation sites is 1. The second-order valence-electron chi connectivity index (χ2n) is 5.91. The van der Waals surface area contributed by atoms with Crippen LogP contribution < -0.4 is 4.90 Å². The minimum Gasteiger partial charge on any atom is -0.480 e. The number of fused-ring (bicyclic) bond motifs is 1. The summed E-state index contributed by atoms with van der Waals surface area (Å²) in [6.07, 6.45) is 2.34. The molecular weight excluding hydrogens is 268 g/mol. The van der Waals surface area contributed by atoms with Crippen molar-refractivity contribution in [2.75, 3.05) is 18.0 Å². The summed E-state index contributed by atoms with van der Waals surface area (Å²) < 4.78 is 0. The van der Waals surface area contributed by atoms with Crippen molar-refractivity contribution in [3.05, 3.63) is 29.8 Å². The van der Waals surface area contributed by atoms with Crippen molar-refractivity contribution in [1.82, 2.24) is 4.90 Å². The molecule has 2 atom stereocenters. The molecule has 2 aliphatic heterocycles. The molecule has 0 aliphatic carbocycles. The summed E-state index contributed by atoms with van der Waals surface area (Å²) in [5.74, 6) is -0.823. The number of carbonyl (C=O) groups excluding carboxylic acids is 1. The molecule has 0 radical (unpaired) electrons. The highest BCUT2D eigenvalue weighted by Crippen LogP contribution is 2.32. The van der Waals surface area contributed by atoms with Crippen LogP contribution in [0.15, 0.2) is 24.3 Å². The van der Waals surface area contributed by atoms with Gasteiger partial charge in [0.25, 0.3) is 0 Å². The molecule has 2 heterocycles. The van der Waals surface area contributed by atoms with Gasteiger partial charge in [0.15, 0.2) is 0 Å². The number of anilines is 1. The maximum Gasteiger partial charge on any atom is 0.320 e. The first-order chi connectivity index (χ1) is 10.1. The van der Waals surface area contributed by atoms with Crippen LogP contribution in [0, 0.1) is 0 Å². The van der Waals surface area contributed by atoms with Crippen LogP contribution in [0.4, 0.5) is 5.69 Å². The fourth-order valence-corrected chi connectivity index (χ4v) is 3.49. The Bertz CT molecular complexity index is 572. The van der Waals surface area contributed by atoms with E-state index in [1.165, 1.54) is 5.56 Å². The van der Waals surface area contributed by atoms with E-state index in [2.05, 4.69) is 6.07 Å². The molecule has 1 aromatic carbocycles. The molecule has 1 saturated heterocycles. The van der Waals surface area contributed by atoms with E-state index in [0.717, 1.165) is 18.5 Å². The number of carbonyl (C=O) groups is 2. The maximum atomic E-state index is 12.6. The van der Waals surface area contributed by atoms with Crippen molar-refractivity contribution in [3.8, 4) is 0 Å². The smallest absolute Gasteiger partial charge is 0.320 e. The Morgan fingerprint density at radius 1 is 1.33 bits per heavy atom. The highest BCUT2D eigenvalue weighted by atomic mass is 16.4. The topological polar surface area (TPSA) is 60.9 Å². The van der Waals surface area contributed by atoms with Crippen LogP contribution in [0.5, 0.6) is 0 Å². The molecule has 0 aromatic heterocycles. The zero-order valence-electron chi connectivity index (χ0n) is 12.2. The lowest BCUT2D eigenvalue weighted by atomic mass is 10.1. The molecule has 5 nitrogen and oxygen atoms in total. The number of benzene rings is 1. The van der Waals surface area contributed by atoms with Gasteiger partial charge in [0, 0.05) is 11.7 Å². The Kier molecular flexibility index (Phi) is 3.68. The monoisotopic (exact) mass is 288 g/mol. The predicted molar refractivity (Wildman–Crippen MR) is 79.3 cm³/mol. The van der Waals surface area contributed by atoms with Gasteiger partial charge in [-0.05, 0) is 44.4 Å². The summed E-state index contributed by atoms with van der Waals surface area (Å²) in [6.45, 7) is 2.92. The largest absolute Gasteiger partial charge is 0.480 e. The van der Waals surface area contributed by atoms with Crippen molar-refractivity contribution in [1.29, 1.82) is 0 Å². The predicted octanol–water partition coefficient (Wildman–Crippen LogP) is 1.51. The van der Waals surface area contributed by atoms with Gasteiger partial charge in [0.2, 0.25) is 5.91 Å². The average Bonchev–Trinajstić information content (AvgIpc) is 3.01. The molecule has 3 rings (SSSR count). The third-order valence-electron chi connectivity index (χ3n) is 4.46. The first-order valence-corrected chi connectivity index (χ1v) is 7.44. The lowest BCUT2D eigenvalue weighted by Gasteiger charge is -2.27. The quantitative estimate of drug-likeness (QED) is 0.916. The minimum absolute atomic E-state index is 0.000556. The van der Waals surface area contributed by atoms with E-state index in [-0.39, 0.29) is 18.5 Å². The first kappa shape index (κ1) is 14.1. The van der Waals surface area contributed by atoms with Crippen molar-refractivity contribution in [2.24, 2.45) is 0 Å². The lowest BCUT2D eigenvalue weighted by Crippen LogP contribution is -2.46. The van der Waals surface area contributed by atoms with E-state index in [0.29, 0.717) is 13.0 Å². The Hall–Kier alpha value is -1.88. The molecule has 1 aromatic rings. The second-order valence-corrected chi connectivity index (χ2v) is 5.91. The van der Waals surface area contributed by atoms with Gasteiger partial charge in [0.1, 0.15) is 6.04 Å². The van der Waals surface area contributed by atoms with Crippen LogP contribution in [0.1, 0.15) is 25.3 Å². The van der Waals surface area contributed by atoms with Gasteiger partial charge in [-0.15, -0.1) is 0 Å². The number of hydrogen-bond acceptors (Lipinski definition) is 3. The van der Waals surface area contributed by atoms with Crippen molar-refractivity contribution in [2.45, 2.75) is 38.3 Å². The fraction of sp³-hybridized carbons (Fsp3) is 0.500. The maximum absolute atomic E-state index is 12.6. The summed E-state index contributed by atoms with van der Waals surface area (Å²) in [4.78, 5) is 27.5. The number of nitrogens with zero attached hydrogens (tertiary/aromatic N) is 2. The number of carboxylic acid groups (broad SMARTS) is 1. The number of rotatable bonds is 3. The first-order valence-electron chi connectivity index (χ1n) is 7.44. The molecule has 1 fully saturated rings. The van der Waals surface area contributed by atoms with Crippen LogP contribution in [-0.4, -0.2) is 47.1 Å². The molecule has 0 spiro atoms.